The topological polar surface area (TPSA) is 89.5 Å². The molecule has 3 aromatic rings. The van der Waals surface area contributed by atoms with Crippen molar-refractivity contribution in [1.82, 2.24) is 9.97 Å². The van der Waals surface area contributed by atoms with Gasteiger partial charge in [-0.05, 0) is 55.5 Å². The maximum Gasteiger partial charge on any atom is 0.417 e. The highest BCUT2D eigenvalue weighted by molar-refractivity contribution is 7.92. The second kappa shape index (κ2) is 8.75. The predicted octanol–water partition coefficient (Wildman–Crippen LogP) is 4.50. The van der Waals surface area contributed by atoms with Crippen molar-refractivity contribution in [3.8, 4) is 5.75 Å². The second-order valence-corrected chi connectivity index (χ2v) is 8.86. The molecule has 3 rings (SSSR count). The van der Waals surface area contributed by atoms with Crippen LogP contribution in [-0.4, -0.2) is 31.4 Å². The van der Waals surface area contributed by atoms with Crippen LogP contribution in [0.15, 0.2) is 59.6 Å². The van der Waals surface area contributed by atoms with Gasteiger partial charge >= 0.3 is 12.1 Å². The van der Waals surface area contributed by atoms with Crippen LogP contribution in [0.3, 0.4) is 0 Å². The van der Waals surface area contributed by atoms with E-state index in [4.69, 9.17) is 16.3 Å². The monoisotopic (exact) mass is 485 g/mol. The number of rotatable bonds is 5. The van der Waals surface area contributed by atoms with E-state index in [0.717, 1.165) is 16.4 Å². The molecule has 0 atom stereocenters. The predicted molar refractivity (Wildman–Crippen MR) is 110 cm³/mol. The molecule has 0 spiro atoms. The summed E-state index contributed by atoms with van der Waals surface area (Å²) in [4.78, 5) is 19.4. The number of esters is 1. The smallest absolute Gasteiger partial charge is 0.417 e. The van der Waals surface area contributed by atoms with Gasteiger partial charge < -0.3 is 4.74 Å². The summed E-state index contributed by atoms with van der Waals surface area (Å²) in [5.41, 5.74) is -1.08. The maximum absolute atomic E-state index is 13.1. The number of hydrogen-bond acceptors (Lipinski definition) is 6. The summed E-state index contributed by atoms with van der Waals surface area (Å²) in [6, 6.07) is 9.09. The second-order valence-electron chi connectivity index (χ2n) is 6.48. The van der Waals surface area contributed by atoms with Crippen molar-refractivity contribution in [2.75, 3.05) is 11.4 Å². The number of sulfonamides is 1. The molecule has 0 fully saturated rings. The molecule has 2 aromatic carbocycles. The Balaban J connectivity index is 1.82. The van der Waals surface area contributed by atoms with E-state index < -0.39 is 37.7 Å². The number of nitrogens with zero attached hydrogens (tertiary/aromatic N) is 3. The van der Waals surface area contributed by atoms with Gasteiger partial charge in [0, 0.05) is 13.2 Å². The zero-order valence-electron chi connectivity index (χ0n) is 16.6. The van der Waals surface area contributed by atoms with Gasteiger partial charge in [-0.15, -0.1) is 0 Å². The number of alkyl halides is 3. The van der Waals surface area contributed by atoms with Crippen molar-refractivity contribution >= 4 is 33.3 Å². The number of anilines is 1. The number of carbonyl (C=O) groups excluding carboxylic acids is 1. The van der Waals surface area contributed by atoms with Crippen molar-refractivity contribution in [2.45, 2.75) is 18.0 Å². The first kappa shape index (κ1) is 23.5. The Bertz CT molecular complexity index is 1270. The Morgan fingerprint density at radius 3 is 2.34 bits per heavy atom. The third-order valence-corrected chi connectivity index (χ3v) is 6.41. The first-order valence-electron chi connectivity index (χ1n) is 8.87. The summed E-state index contributed by atoms with van der Waals surface area (Å²) in [6.45, 7) is 1.61. The summed E-state index contributed by atoms with van der Waals surface area (Å²) in [6.07, 6.45) is -3.41. The lowest BCUT2D eigenvalue weighted by Gasteiger charge is -2.20. The highest BCUT2D eigenvalue weighted by Gasteiger charge is 2.35. The Hall–Kier alpha value is -3.18. The first-order valence-corrected chi connectivity index (χ1v) is 10.7. The molecular formula is C20H15ClF3N3O4S. The third-order valence-electron chi connectivity index (χ3n) is 4.30. The minimum atomic E-state index is -4.81. The lowest BCUT2D eigenvalue weighted by Crippen LogP contribution is -2.27. The molecule has 0 saturated heterocycles. The third kappa shape index (κ3) is 5.00. The van der Waals surface area contributed by atoms with E-state index in [1.165, 1.54) is 43.6 Å². The molecule has 0 saturated carbocycles. The van der Waals surface area contributed by atoms with Gasteiger partial charge in [-0.1, -0.05) is 11.6 Å². The molecule has 32 heavy (non-hydrogen) atoms. The molecular weight excluding hydrogens is 471 g/mol. The zero-order valence-corrected chi connectivity index (χ0v) is 18.2. The Morgan fingerprint density at radius 1 is 1.09 bits per heavy atom. The van der Waals surface area contributed by atoms with Crippen molar-refractivity contribution in [3.05, 3.63) is 76.8 Å². The summed E-state index contributed by atoms with van der Waals surface area (Å²) in [7, 11) is -3.14. The number of aryl methyl sites for hydroxylation is 1. The van der Waals surface area contributed by atoms with E-state index in [1.807, 2.05) is 0 Å². The zero-order chi connectivity index (χ0) is 23.7. The van der Waals surface area contributed by atoms with E-state index >= 15 is 0 Å². The fourth-order valence-corrected chi connectivity index (χ4v) is 4.08. The van der Waals surface area contributed by atoms with Crippen molar-refractivity contribution in [3.63, 3.8) is 0 Å². The molecule has 0 bridgehead atoms. The molecule has 0 aliphatic carbocycles. The lowest BCUT2D eigenvalue weighted by molar-refractivity contribution is -0.137. The van der Waals surface area contributed by atoms with Crippen LogP contribution in [0.4, 0.5) is 18.9 Å². The Kier molecular flexibility index (Phi) is 6.42. The largest absolute Gasteiger partial charge is 0.422 e. The van der Waals surface area contributed by atoms with Crippen LogP contribution >= 0.6 is 11.6 Å². The minimum Gasteiger partial charge on any atom is -0.422 e. The van der Waals surface area contributed by atoms with Gasteiger partial charge in [0.25, 0.3) is 10.0 Å². The minimum absolute atomic E-state index is 0.0458. The molecule has 0 amide bonds. The quantitative estimate of drug-likeness (QED) is 0.390. The van der Waals surface area contributed by atoms with E-state index in [2.05, 4.69) is 9.97 Å². The van der Waals surface area contributed by atoms with Gasteiger partial charge in [-0.2, -0.15) is 13.2 Å². The van der Waals surface area contributed by atoms with E-state index in [9.17, 15) is 26.4 Å². The molecule has 7 nitrogen and oxygen atoms in total. The molecule has 0 aliphatic heterocycles. The van der Waals surface area contributed by atoms with Crippen LogP contribution < -0.4 is 9.04 Å². The number of halogens is 4. The molecule has 12 heteroatoms. The van der Waals surface area contributed by atoms with E-state index in [1.54, 1.807) is 6.92 Å². The molecule has 0 N–H and O–H groups in total. The number of aromatic nitrogens is 2. The Labute approximate surface area is 186 Å². The van der Waals surface area contributed by atoms with Crippen LogP contribution in [0, 0.1) is 6.92 Å². The molecule has 168 valence electrons. The molecule has 0 radical (unpaired) electrons. The van der Waals surface area contributed by atoms with Crippen molar-refractivity contribution in [1.29, 1.82) is 0 Å². The Morgan fingerprint density at radius 2 is 1.75 bits per heavy atom. The first-order chi connectivity index (χ1) is 14.9. The lowest BCUT2D eigenvalue weighted by atomic mass is 10.2. The number of hydrogen-bond donors (Lipinski definition) is 0. The average molecular weight is 486 g/mol. The van der Waals surface area contributed by atoms with Crippen molar-refractivity contribution in [2.24, 2.45) is 0 Å². The molecule has 0 aliphatic rings. The van der Waals surface area contributed by atoms with Gasteiger partial charge in [0.1, 0.15) is 11.6 Å². The highest BCUT2D eigenvalue weighted by Crippen LogP contribution is 2.36. The van der Waals surface area contributed by atoms with Gasteiger partial charge in [0.2, 0.25) is 0 Å². The maximum atomic E-state index is 13.1. The van der Waals surface area contributed by atoms with Gasteiger partial charge in [-0.25, -0.2) is 23.2 Å². The van der Waals surface area contributed by atoms with E-state index in [-0.39, 0.29) is 17.1 Å². The normalized spacial score (nSPS) is 11.8. The molecule has 1 aromatic heterocycles. The fourth-order valence-electron chi connectivity index (χ4n) is 2.63. The SMILES string of the molecule is Cc1nccc(C(=O)Oc2ccc(N(C)S(=O)(=O)c3ccc(Cl)c(C(F)(F)F)c3)cc2)n1. The van der Waals surface area contributed by atoms with Gasteiger partial charge in [-0.3, -0.25) is 4.31 Å². The number of carbonyl (C=O) groups is 1. The highest BCUT2D eigenvalue weighted by atomic mass is 35.5. The standard InChI is InChI=1S/C20H15ClF3N3O4S/c1-12-25-10-9-18(26-12)19(28)31-14-5-3-13(4-6-14)27(2)32(29,30)15-7-8-17(21)16(11-15)20(22,23)24/h3-11H,1-2H3. The van der Waals surface area contributed by atoms with Crippen LogP contribution in [0.5, 0.6) is 5.75 Å². The number of benzene rings is 2. The molecule has 0 unspecified atom stereocenters. The summed E-state index contributed by atoms with van der Waals surface area (Å²) in [5.74, 6) is -0.228. The van der Waals surface area contributed by atoms with Crippen LogP contribution in [0.1, 0.15) is 21.9 Å². The average Bonchev–Trinajstić information content (AvgIpc) is 2.73. The van der Waals surface area contributed by atoms with E-state index in [0.29, 0.717) is 11.9 Å². The fraction of sp³-hybridized carbons (Fsp3) is 0.150. The van der Waals surface area contributed by atoms with Crippen LogP contribution in [0.2, 0.25) is 5.02 Å². The van der Waals surface area contributed by atoms with Gasteiger partial charge in [0.05, 0.1) is 21.2 Å². The molecule has 1 heterocycles. The van der Waals surface area contributed by atoms with Crippen molar-refractivity contribution < 1.29 is 31.1 Å². The summed E-state index contributed by atoms with van der Waals surface area (Å²) < 4.78 is 70.9. The van der Waals surface area contributed by atoms with Crippen LogP contribution in [-0.2, 0) is 16.2 Å². The summed E-state index contributed by atoms with van der Waals surface area (Å²) >= 11 is 5.56. The van der Waals surface area contributed by atoms with Gasteiger partial charge in [0.15, 0.2) is 5.69 Å². The summed E-state index contributed by atoms with van der Waals surface area (Å²) in [5, 5.41) is -0.607. The van der Waals surface area contributed by atoms with Crippen LogP contribution in [0.25, 0.3) is 0 Å². The number of ether oxygens (including phenoxy) is 1.